The third-order valence-corrected chi connectivity index (χ3v) is 2.40. The molecule has 1 amide bonds. The highest BCUT2D eigenvalue weighted by Crippen LogP contribution is 2.12. The van der Waals surface area contributed by atoms with Crippen LogP contribution in [0.4, 0.5) is 5.69 Å². The molecule has 0 aliphatic rings. The van der Waals surface area contributed by atoms with Crippen LogP contribution in [-0.4, -0.2) is 12.5 Å². The number of benzene rings is 1. The Kier molecular flexibility index (Phi) is 6.77. The number of carbonyl (C=O) groups is 1. The van der Waals surface area contributed by atoms with Gasteiger partial charge in [0.15, 0.2) is 0 Å². The number of nitrogens with two attached hydrogens (primary N) is 1. The van der Waals surface area contributed by atoms with Crippen molar-refractivity contribution in [1.29, 1.82) is 0 Å². The minimum absolute atomic E-state index is 0. The van der Waals surface area contributed by atoms with E-state index in [-0.39, 0.29) is 24.2 Å². The van der Waals surface area contributed by atoms with Crippen LogP contribution in [0.15, 0.2) is 24.3 Å². The molecule has 1 atom stereocenters. The zero-order chi connectivity index (χ0) is 11.3. The van der Waals surface area contributed by atoms with E-state index in [1.165, 1.54) is 5.56 Å². The van der Waals surface area contributed by atoms with Crippen LogP contribution in [0.3, 0.4) is 0 Å². The van der Waals surface area contributed by atoms with Gasteiger partial charge in [0.25, 0.3) is 0 Å². The Labute approximate surface area is 103 Å². The summed E-state index contributed by atoms with van der Waals surface area (Å²) in [6, 6.07) is 7.87. The molecule has 3 nitrogen and oxygen atoms in total. The van der Waals surface area contributed by atoms with Gasteiger partial charge in [-0.1, -0.05) is 26.0 Å². The quantitative estimate of drug-likeness (QED) is 0.851. The smallest absolute Gasteiger partial charge is 0.228 e. The van der Waals surface area contributed by atoms with Crippen LogP contribution in [0.1, 0.15) is 19.4 Å². The standard InChI is InChI=1S/C12H18N2O.ClH/c1-3-10-5-4-6-11(7-10)14-12(15)9(2)8-13;/h4-7,9H,3,8,13H2,1-2H3,(H,14,15);1H. The fraction of sp³-hybridized carbons (Fsp3) is 0.417. The molecule has 0 spiro atoms. The van der Waals surface area contributed by atoms with Crippen LogP contribution in [0.5, 0.6) is 0 Å². The second kappa shape index (κ2) is 7.25. The monoisotopic (exact) mass is 242 g/mol. The molecule has 0 radical (unpaired) electrons. The van der Waals surface area contributed by atoms with Gasteiger partial charge in [0, 0.05) is 18.2 Å². The van der Waals surface area contributed by atoms with E-state index in [0.717, 1.165) is 12.1 Å². The average molecular weight is 243 g/mol. The summed E-state index contributed by atoms with van der Waals surface area (Å²) in [7, 11) is 0. The summed E-state index contributed by atoms with van der Waals surface area (Å²) in [4.78, 5) is 11.6. The van der Waals surface area contributed by atoms with Gasteiger partial charge in [-0.25, -0.2) is 0 Å². The van der Waals surface area contributed by atoms with E-state index >= 15 is 0 Å². The van der Waals surface area contributed by atoms with Crippen molar-refractivity contribution in [2.45, 2.75) is 20.3 Å². The van der Waals surface area contributed by atoms with Crippen molar-refractivity contribution in [1.82, 2.24) is 0 Å². The number of amides is 1. The van der Waals surface area contributed by atoms with Crippen LogP contribution < -0.4 is 11.1 Å². The normalized spacial score (nSPS) is 11.4. The molecule has 1 aromatic rings. The van der Waals surface area contributed by atoms with Gasteiger partial charge in [-0.05, 0) is 24.1 Å². The zero-order valence-corrected chi connectivity index (χ0v) is 10.5. The van der Waals surface area contributed by atoms with Crippen LogP contribution in [0, 0.1) is 5.92 Å². The molecule has 0 fully saturated rings. The van der Waals surface area contributed by atoms with Gasteiger partial charge in [-0.15, -0.1) is 12.4 Å². The second-order valence-corrected chi connectivity index (χ2v) is 3.68. The van der Waals surface area contributed by atoms with Crippen molar-refractivity contribution in [3.05, 3.63) is 29.8 Å². The van der Waals surface area contributed by atoms with E-state index in [4.69, 9.17) is 5.73 Å². The first-order valence-corrected chi connectivity index (χ1v) is 5.27. The predicted molar refractivity (Wildman–Crippen MR) is 69.9 cm³/mol. The highest BCUT2D eigenvalue weighted by atomic mass is 35.5. The Bertz CT molecular complexity index is 342. The van der Waals surface area contributed by atoms with E-state index in [1.807, 2.05) is 31.2 Å². The predicted octanol–water partition coefficient (Wildman–Crippen LogP) is 2.20. The Morgan fingerprint density at radius 3 is 2.75 bits per heavy atom. The molecule has 3 N–H and O–H groups in total. The summed E-state index contributed by atoms with van der Waals surface area (Å²) in [6.07, 6.45) is 0.968. The van der Waals surface area contributed by atoms with Crippen molar-refractivity contribution in [2.24, 2.45) is 11.7 Å². The molecule has 0 saturated carbocycles. The van der Waals surface area contributed by atoms with Crippen LogP contribution in [-0.2, 0) is 11.2 Å². The minimum atomic E-state index is -0.143. The third-order valence-electron chi connectivity index (χ3n) is 2.40. The van der Waals surface area contributed by atoms with E-state index in [2.05, 4.69) is 12.2 Å². The van der Waals surface area contributed by atoms with Crippen LogP contribution in [0.25, 0.3) is 0 Å². The van der Waals surface area contributed by atoms with E-state index in [0.29, 0.717) is 6.54 Å². The highest BCUT2D eigenvalue weighted by molar-refractivity contribution is 5.92. The first-order chi connectivity index (χ1) is 7.17. The lowest BCUT2D eigenvalue weighted by Gasteiger charge is -2.10. The molecule has 1 aromatic carbocycles. The van der Waals surface area contributed by atoms with Gasteiger partial charge in [-0.2, -0.15) is 0 Å². The van der Waals surface area contributed by atoms with Gasteiger partial charge in [0.1, 0.15) is 0 Å². The molecule has 16 heavy (non-hydrogen) atoms. The minimum Gasteiger partial charge on any atom is -0.330 e. The molecular weight excluding hydrogens is 224 g/mol. The maximum atomic E-state index is 11.6. The first-order valence-electron chi connectivity index (χ1n) is 5.27. The number of halogens is 1. The van der Waals surface area contributed by atoms with Gasteiger partial charge < -0.3 is 11.1 Å². The molecule has 0 aliphatic heterocycles. The summed E-state index contributed by atoms with van der Waals surface area (Å²) in [5.41, 5.74) is 7.48. The first kappa shape index (κ1) is 14.9. The fourth-order valence-electron chi connectivity index (χ4n) is 1.24. The molecule has 1 rings (SSSR count). The third kappa shape index (κ3) is 4.21. The molecular formula is C12H19ClN2O. The van der Waals surface area contributed by atoms with Crippen molar-refractivity contribution >= 4 is 24.0 Å². The fourth-order valence-corrected chi connectivity index (χ4v) is 1.24. The summed E-state index contributed by atoms with van der Waals surface area (Å²) in [5, 5.41) is 2.85. The lowest BCUT2D eigenvalue weighted by Crippen LogP contribution is -2.26. The molecule has 4 heteroatoms. The van der Waals surface area contributed by atoms with Crippen molar-refractivity contribution in [3.8, 4) is 0 Å². The van der Waals surface area contributed by atoms with Crippen LogP contribution in [0.2, 0.25) is 0 Å². The number of rotatable bonds is 4. The Balaban J connectivity index is 0.00000225. The van der Waals surface area contributed by atoms with Gasteiger partial charge in [0.2, 0.25) is 5.91 Å². The molecule has 1 unspecified atom stereocenters. The number of hydrogen-bond donors (Lipinski definition) is 2. The van der Waals surface area contributed by atoms with Gasteiger partial charge in [-0.3, -0.25) is 4.79 Å². The van der Waals surface area contributed by atoms with Crippen molar-refractivity contribution in [3.63, 3.8) is 0 Å². The summed E-state index contributed by atoms with van der Waals surface area (Å²) < 4.78 is 0. The lowest BCUT2D eigenvalue weighted by atomic mass is 10.1. The Morgan fingerprint density at radius 2 is 2.19 bits per heavy atom. The van der Waals surface area contributed by atoms with Gasteiger partial charge in [0.05, 0.1) is 0 Å². The average Bonchev–Trinajstić information content (AvgIpc) is 2.28. The second-order valence-electron chi connectivity index (χ2n) is 3.68. The number of hydrogen-bond acceptors (Lipinski definition) is 2. The molecule has 0 heterocycles. The summed E-state index contributed by atoms with van der Waals surface area (Å²) in [5.74, 6) is -0.166. The SMILES string of the molecule is CCc1cccc(NC(=O)C(C)CN)c1.Cl. The lowest BCUT2D eigenvalue weighted by molar-refractivity contribution is -0.119. The van der Waals surface area contributed by atoms with Crippen molar-refractivity contribution < 1.29 is 4.79 Å². The number of nitrogens with one attached hydrogen (secondary N) is 1. The topological polar surface area (TPSA) is 55.1 Å². The van der Waals surface area contributed by atoms with E-state index in [1.54, 1.807) is 0 Å². The number of carbonyl (C=O) groups excluding carboxylic acids is 1. The zero-order valence-electron chi connectivity index (χ0n) is 9.69. The van der Waals surface area contributed by atoms with Gasteiger partial charge >= 0.3 is 0 Å². The molecule has 0 bridgehead atoms. The maximum absolute atomic E-state index is 11.6. The van der Waals surface area contributed by atoms with Crippen LogP contribution >= 0.6 is 12.4 Å². The summed E-state index contributed by atoms with van der Waals surface area (Å²) >= 11 is 0. The number of anilines is 1. The highest BCUT2D eigenvalue weighted by Gasteiger charge is 2.10. The van der Waals surface area contributed by atoms with Crippen molar-refractivity contribution in [2.75, 3.05) is 11.9 Å². The van der Waals surface area contributed by atoms with E-state index < -0.39 is 0 Å². The largest absolute Gasteiger partial charge is 0.330 e. The molecule has 0 aromatic heterocycles. The molecule has 90 valence electrons. The molecule has 0 aliphatic carbocycles. The van der Waals surface area contributed by atoms with E-state index in [9.17, 15) is 4.79 Å². The Morgan fingerprint density at radius 1 is 1.50 bits per heavy atom. The molecule has 0 saturated heterocycles. The Hall–Kier alpha value is -1.06. The maximum Gasteiger partial charge on any atom is 0.228 e. The summed E-state index contributed by atoms with van der Waals surface area (Å²) in [6.45, 7) is 4.28. The number of aryl methyl sites for hydroxylation is 1.